The summed E-state index contributed by atoms with van der Waals surface area (Å²) in [4.78, 5) is 41.6. The summed E-state index contributed by atoms with van der Waals surface area (Å²) in [5.74, 6) is -0.671. The van der Waals surface area contributed by atoms with Crippen LogP contribution in [0.2, 0.25) is 0 Å². The second-order valence-corrected chi connectivity index (χ2v) is 6.87. The zero-order valence-corrected chi connectivity index (χ0v) is 21.0. The first-order valence-electron chi connectivity index (χ1n) is 10.6. The Morgan fingerprint density at radius 3 is 1.63 bits per heavy atom. The Bertz CT molecular complexity index is 585. The lowest BCUT2D eigenvalue weighted by Gasteiger charge is -2.14. The average molecular weight is 441 g/mol. The summed E-state index contributed by atoms with van der Waals surface area (Å²) in [6, 6.07) is 9.80. The molecular formula is C24H41O5P. The van der Waals surface area contributed by atoms with E-state index in [1.54, 1.807) is 13.8 Å². The van der Waals surface area contributed by atoms with E-state index in [9.17, 15) is 19.2 Å². The molecule has 0 aliphatic rings. The highest BCUT2D eigenvalue weighted by atomic mass is 31.0. The minimum absolute atomic E-state index is 0.122. The molecule has 0 saturated carbocycles. The number of benzene rings is 1. The van der Waals surface area contributed by atoms with Gasteiger partial charge in [0.1, 0.15) is 5.78 Å². The van der Waals surface area contributed by atoms with Crippen LogP contribution >= 0.6 is 9.47 Å². The van der Waals surface area contributed by atoms with Crippen LogP contribution < -0.4 is 0 Å². The van der Waals surface area contributed by atoms with Gasteiger partial charge < -0.3 is 9.32 Å². The Labute approximate surface area is 185 Å². The fourth-order valence-corrected chi connectivity index (χ4v) is 2.01. The van der Waals surface area contributed by atoms with Gasteiger partial charge in [0.05, 0.1) is 15.4 Å². The van der Waals surface area contributed by atoms with E-state index in [1.807, 2.05) is 46.7 Å². The van der Waals surface area contributed by atoms with Gasteiger partial charge in [0.2, 0.25) is 0 Å². The average Bonchev–Trinajstić information content (AvgIpc) is 2.75. The summed E-state index contributed by atoms with van der Waals surface area (Å²) in [6.07, 6.45) is 5.23. The standard InChI is InChI=1S/C12H17O2P.C5H8O2.C4H8O.C3H8/c1-2-3-9-11(12(13)14-15)10-7-5-4-6-8-10;1-3-5(7)4(2)6;1-3-4(2)5;1-3-2/h4-8,11H,2-3,9,15H2,1H3;3H2,1-2H3;3H2,1-2H3;3H2,1-2H3. The molecule has 1 aromatic rings. The van der Waals surface area contributed by atoms with Crippen molar-refractivity contribution in [1.82, 2.24) is 0 Å². The third-order valence-electron chi connectivity index (χ3n) is 3.66. The molecule has 0 spiro atoms. The largest absolute Gasteiger partial charge is 0.451 e. The SMILES string of the molecule is CCC.CCC(=O)C(C)=O.CCC(C)=O.CCCCC(C(=O)OP)c1ccccc1. The van der Waals surface area contributed by atoms with Crippen LogP contribution in [0.25, 0.3) is 0 Å². The maximum absolute atomic E-state index is 11.6. The van der Waals surface area contributed by atoms with E-state index in [4.69, 9.17) is 4.52 Å². The van der Waals surface area contributed by atoms with Crippen LogP contribution in [0, 0.1) is 0 Å². The quantitative estimate of drug-likeness (QED) is 0.353. The van der Waals surface area contributed by atoms with Crippen molar-refractivity contribution in [1.29, 1.82) is 0 Å². The number of Topliss-reactive ketones (excluding diaryl/α,β-unsaturated/α-hetero) is 3. The first-order chi connectivity index (χ1) is 14.2. The molecule has 0 bridgehead atoms. The Hall–Kier alpha value is -1.87. The van der Waals surface area contributed by atoms with Crippen LogP contribution in [-0.2, 0) is 23.7 Å². The lowest BCUT2D eigenvalue weighted by molar-refractivity contribution is -0.135. The molecule has 30 heavy (non-hydrogen) atoms. The molecule has 0 saturated heterocycles. The van der Waals surface area contributed by atoms with E-state index in [1.165, 1.54) is 13.3 Å². The molecule has 2 unspecified atom stereocenters. The van der Waals surface area contributed by atoms with Crippen LogP contribution in [0.3, 0.4) is 0 Å². The van der Waals surface area contributed by atoms with Gasteiger partial charge in [-0.3, -0.25) is 14.4 Å². The molecule has 0 N–H and O–H groups in total. The topological polar surface area (TPSA) is 77.5 Å². The molecule has 0 aliphatic carbocycles. The predicted molar refractivity (Wildman–Crippen MR) is 127 cm³/mol. The van der Waals surface area contributed by atoms with Crippen LogP contribution in [0.4, 0.5) is 0 Å². The van der Waals surface area contributed by atoms with Gasteiger partial charge in [-0.2, -0.15) is 0 Å². The lowest BCUT2D eigenvalue weighted by atomic mass is 9.94. The van der Waals surface area contributed by atoms with Gasteiger partial charge >= 0.3 is 5.97 Å². The highest BCUT2D eigenvalue weighted by molar-refractivity contribution is 7.10. The molecule has 5 nitrogen and oxygen atoms in total. The van der Waals surface area contributed by atoms with Gasteiger partial charge in [-0.15, -0.1) is 0 Å². The van der Waals surface area contributed by atoms with Crippen molar-refractivity contribution in [3.05, 3.63) is 35.9 Å². The van der Waals surface area contributed by atoms with E-state index < -0.39 is 0 Å². The number of hydrogen-bond acceptors (Lipinski definition) is 5. The molecule has 0 heterocycles. The number of carbonyl (C=O) groups is 4. The van der Waals surface area contributed by atoms with Gasteiger partial charge in [-0.1, -0.05) is 84.2 Å². The fourth-order valence-electron chi connectivity index (χ4n) is 1.85. The maximum atomic E-state index is 11.6. The molecule has 0 aliphatic heterocycles. The third-order valence-corrected chi connectivity index (χ3v) is 3.89. The molecule has 0 aromatic heterocycles. The molecule has 1 rings (SSSR count). The summed E-state index contributed by atoms with van der Waals surface area (Å²) in [7, 11) is 2.03. The predicted octanol–water partition coefficient (Wildman–Crippen LogP) is 6.25. The summed E-state index contributed by atoms with van der Waals surface area (Å²) < 4.78 is 4.74. The summed E-state index contributed by atoms with van der Waals surface area (Å²) in [5.41, 5.74) is 1.04. The van der Waals surface area contributed by atoms with Crippen LogP contribution in [0.15, 0.2) is 30.3 Å². The van der Waals surface area contributed by atoms with Crippen LogP contribution in [-0.4, -0.2) is 23.3 Å². The van der Waals surface area contributed by atoms with Crippen molar-refractivity contribution in [3.63, 3.8) is 0 Å². The highest BCUT2D eigenvalue weighted by Crippen LogP contribution is 2.24. The minimum atomic E-state index is -0.345. The second-order valence-electron chi connectivity index (χ2n) is 6.64. The highest BCUT2D eigenvalue weighted by Gasteiger charge is 2.20. The molecule has 0 amide bonds. The second kappa shape index (κ2) is 23.4. The number of ketones is 3. The minimum Gasteiger partial charge on any atom is -0.451 e. The first kappa shape index (κ1) is 32.8. The number of carbonyl (C=O) groups excluding carboxylic acids is 4. The van der Waals surface area contributed by atoms with Crippen molar-refractivity contribution in [2.75, 3.05) is 0 Å². The van der Waals surface area contributed by atoms with Gasteiger partial charge in [-0.05, 0) is 18.9 Å². The summed E-state index contributed by atoms with van der Waals surface area (Å²) >= 11 is 0. The van der Waals surface area contributed by atoms with Gasteiger partial charge in [0, 0.05) is 19.8 Å². The third kappa shape index (κ3) is 20.9. The Morgan fingerprint density at radius 1 is 0.900 bits per heavy atom. The van der Waals surface area contributed by atoms with Gasteiger partial charge in [0.25, 0.3) is 0 Å². The Kier molecular flexibility index (Phi) is 25.6. The zero-order valence-electron chi connectivity index (χ0n) is 19.8. The van der Waals surface area contributed by atoms with E-state index in [-0.39, 0.29) is 29.2 Å². The molecule has 0 fully saturated rings. The normalized spacial score (nSPS) is 9.87. The monoisotopic (exact) mass is 440 g/mol. The Balaban J connectivity index is -0.000000404. The summed E-state index contributed by atoms with van der Waals surface area (Å²) in [6.45, 7) is 12.8. The van der Waals surface area contributed by atoms with Crippen molar-refractivity contribution >= 4 is 32.8 Å². The lowest BCUT2D eigenvalue weighted by Crippen LogP contribution is -2.12. The van der Waals surface area contributed by atoms with Gasteiger partial charge in [0.15, 0.2) is 11.6 Å². The molecule has 6 heteroatoms. The summed E-state index contributed by atoms with van der Waals surface area (Å²) in [5, 5.41) is 0. The number of unbranched alkanes of at least 4 members (excludes halogenated alkanes) is 1. The molecular weight excluding hydrogens is 399 g/mol. The van der Waals surface area contributed by atoms with E-state index >= 15 is 0 Å². The van der Waals surface area contributed by atoms with Crippen LogP contribution in [0.5, 0.6) is 0 Å². The molecule has 172 valence electrons. The van der Waals surface area contributed by atoms with E-state index in [0.29, 0.717) is 12.8 Å². The molecule has 0 radical (unpaired) electrons. The van der Waals surface area contributed by atoms with Crippen molar-refractivity contribution < 1.29 is 23.7 Å². The fraction of sp³-hybridized carbons (Fsp3) is 0.583. The van der Waals surface area contributed by atoms with Crippen molar-refractivity contribution in [2.24, 2.45) is 0 Å². The maximum Gasteiger partial charge on any atom is 0.315 e. The van der Waals surface area contributed by atoms with Gasteiger partial charge in [-0.25, -0.2) is 0 Å². The number of rotatable bonds is 8. The van der Waals surface area contributed by atoms with E-state index in [2.05, 4.69) is 20.8 Å². The van der Waals surface area contributed by atoms with Crippen LogP contribution in [0.1, 0.15) is 98.5 Å². The Morgan fingerprint density at radius 2 is 1.37 bits per heavy atom. The van der Waals surface area contributed by atoms with Crippen molar-refractivity contribution in [2.45, 2.75) is 92.9 Å². The van der Waals surface area contributed by atoms with E-state index in [0.717, 1.165) is 24.8 Å². The molecule has 1 aromatic carbocycles. The molecule has 2 atom stereocenters. The smallest absolute Gasteiger partial charge is 0.315 e. The first-order valence-corrected chi connectivity index (χ1v) is 11.1. The zero-order chi connectivity index (χ0) is 23.9. The number of hydrogen-bond donors (Lipinski definition) is 0. The van der Waals surface area contributed by atoms with Crippen molar-refractivity contribution in [3.8, 4) is 0 Å².